The van der Waals surface area contributed by atoms with E-state index in [1.165, 1.54) is 4.90 Å². The van der Waals surface area contributed by atoms with Crippen molar-refractivity contribution in [3.8, 4) is 11.5 Å². The zero-order valence-corrected chi connectivity index (χ0v) is 19.1. The van der Waals surface area contributed by atoms with Crippen LogP contribution in [0.25, 0.3) is 5.76 Å². The lowest BCUT2D eigenvalue weighted by Crippen LogP contribution is -2.29. The first-order valence-corrected chi connectivity index (χ1v) is 11.2. The molecule has 2 aromatic carbocycles. The second kappa shape index (κ2) is 10.2. The Morgan fingerprint density at radius 1 is 0.971 bits per heavy atom. The SMILES string of the molecule is CCOc1ccc([C@@H]2C(=C(O)c3ccccc3)C(=O)C(=O)N2Cc2cccnc2)cc1OCC. The number of amides is 1. The quantitative estimate of drug-likeness (QED) is 0.304. The third-order valence-corrected chi connectivity index (χ3v) is 5.55. The number of aromatic nitrogens is 1. The van der Waals surface area contributed by atoms with Gasteiger partial charge in [-0.1, -0.05) is 42.5 Å². The van der Waals surface area contributed by atoms with E-state index in [-0.39, 0.29) is 17.9 Å². The van der Waals surface area contributed by atoms with Crippen LogP contribution in [0.4, 0.5) is 0 Å². The molecule has 0 spiro atoms. The molecule has 0 bridgehead atoms. The van der Waals surface area contributed by atoms with E-state index in [0.29, 0.717) is 35.8 Å². The maximum absolute atomic E-state index is 13.2. The van der Waals surface area contributed by atoms with Gasteiger partial charge in [0.2, 0.25) is 0 Å². The maximum atomic E-state index is 13.2. The predicted molar refractivity (Wildman–Crippen MR) is 127 cm³/mol. The highest BCUT2D eigenvalue weighted by Crippen LogP contribution is 2.42. The molecule has 0 saturated carbocycles. The number of hydrogen-bond acceptors (Lipinski definition) is 6. The Morgan fingerprint density at radius 3 is 2.38 bits per heavy atom. The second-order valence-electron chi connectivity index (χ2n) is 7.73. The molecular weight excluding hydrogens is 432 g/mol. The zero-order valence-electron chi connectivity index (χ0n) is 19.1. The van der Waals surface area contributed by atoms with Crippen LogP contribution in [0, 0.1) is 0 Å². The Labute approximate surface area is 198 Å². The molecule has 0 aliphatic carbocycles. The van der Waals surface area contributed by atoms with Gasteiger partial charge in [-0.2, -0.15) is 0 Å². The minimum atomic E-state index is -0.810. The van der Waals surface area contributed by atoms with E-state index in [9.17, 15) is 14.7 Å². The lowest BCUT2D eigenvalue weighted by molar-refractivity contribution is -0.140. The molecule has 1 saturated heterocycles. The molecule has 34 heavy (non-hydrogen) atoms. The first kappa shape index (κ1) is 23.0. The van der Waals surface area contributed by atoms with Crippen molar-refractivity contribution >= 4 is 17.4 Å². The summed E-state index contributed by atoms with van der Waals surface area (Å²) in [5, 5.41) is 11.1. The molecular formula is C27H26N2O5. The van der Waals surface area contributed by atoms with Gasteiger partial charge in [0.05, 0.1) is 24.8 Å². The van der Waals surface area contributed by atoms with E-state index >= 15 is 0 Å². The van der Waals surface area contributed by atoms with E-state index in [1.54, 1.807) is 60.9 Å². The average Bonchev–Trinajstić information content (AvgIpc) is 3.11. The number of hydrogen-bond donors (Lipinski definition) is 1. The van der Waals surface area contributed by atoms with Crippen LogP contribution in [0.1, 0.15) is 36.6 Å². The van der Waals surface area contributed by atoms with E-state index in [4.69, 9.17) is 9.47 Å². The van der Waals surface area contributed by atoms with Gasteiger partial charge < -0.3 is 19.5 Å². The maximum Gasteiger partial charge on any atom is 0.295 e. The minimum Gasteiger partial charge on any atom is -0.507 e. The largest absolute Gasteiger partial charge is 0.507 e. The minimum absolute atomic E-state index is 0.0340. The Morgan fingerprint density at radius 2 is 1.71 bits per heavy atom. The molecule has 1 fully saturated rings. The number of benzene rings is 2. The molecule has 0 unspecified atom stereocenters. The van der Waals surface area contributed by atoms with Gasteiger partial charge in [0, 0.05) is 24.5 Å². The van der Waals surface area contributed by atoms with Crippen molar-refractivity contribution in [2.24, 2.45) is 0 Å². The molecule has 1 aliphatic rings. The van der Waals surface area contributed by atoms with Crippen molar-refractivity contribution in [3.05, 3.63) is 95.3 Å². The molecule has 2 heterocycles. The van der Waals surface area contributed by atoms with E-state index in [2.05, 4.69) is 4.98 Å². The average molecular weight is 459 g/mol. The van der Waals surface area contributed by atoms with Crippen molar-refractivity contribution in [1.82, 2.24) is 9.88 Å². The summed E-state index contributed by atoms with van der Waals surface area (Å²) >= 11 is 0. The molecule has 1 amide bonds. The smallest absolute Gasteiger partial charge is 0.295 e. The lowest BCUT2D eigenvalue weighted by Gasteiger charge is -2.26. The summed E-state index contributed by atoms with van der Waals surface area (Å²) in [4.78, 5) is 32.0. The number of carbonyl (C=O) groups is 2. The number of aliphatic hydroxyl groups is 1. The lowest BCUT2D eigenvalue weighted by atomic mass is 9.95. The highest BCUT2D eigenvalue weighted by molar-refractivity contribution is 6.46. The summed E-state index contributed by atoms with van der Waals surface area (Å²) in [7, 11) is 0. The van der Waals surface area contributed by atoms with Gasteiger partial charge in [-0.3, -0.25) is 14.6 Å². The summed E-state index contributed by atoms with van der Waals surface area (Å²) < 4.78 is 11.4. The Bertz CT molecular complexity index is 1210. The Balaban J connectivity index is 1.87. The third kappa shape index (κ3) is 4.50. The number of nitrogens with zero attached hydrogens (tertiary/aromatic N) is 2. The molecule has 1 atom stereocenters. The van der Waals surface area contributed by atoms with Crippen molar-refractivity contribution in [2.45, 2.75) is 26.4 Å². The topological polar surface area (TPSA) is 89.0 Å². The third-order valence-electron chi connectivity index (χ3n) is 5.55. The van der Waals surface area contributed by atoms with Gasteiger partial charge in [0.25, 0.3) is 11.7 Å². The van der Waals surface area contributed by atoms with Gasteiger partial charge in [0.15, 0.2) is 11.5 Å². The normalized spacial score (nSPS) is 17.1. The van der Waals surface area contributed by atoms with Crippen LogP contribution in [0.3, 0.4) is 0 Å². The van der Waals surface area contributed by atoms with Crippen molar-refractivity contribution < 1.29 is 24.2 Å². The van der Waals surface area contributed by atoms with Crippen LogP contribution < -0.4 is 9.47 Å². The van der Waals surface area contributed by atoms with Crippen LogP contribution in [-0.4, -0.2) is 39.9 Å². The van der Waals surface area contributed by atoms with Crippen molar-refractivity contribution in [1.29, 1.82) is 0 Å². The number of rotatable bonds is 8. The standard InChI is InChI=1S/C27H26N2O5/c1-3-33-21-13-12-20(15-22(21)34-4-2)24-23(25(30)19-10-6-5-7-11-19)26(31)27(32)29(24)17-18-9-8-14-28-16-18/h5-16,24,30H,3-4,17H2,1-2H3/t24-/m1/s1. The number of likely N-dealkylation sites (tertiary alicyclic amines) is 1. The number of ketones is 1. The summed E-state index contributed by atoms with van der Waals surface area (Å²) in [5.41, 5.74) is 1.90. The van der Waals surface area contributed by atoms with Gasteiger partial charge in [-0.05, 0) is 43.2 Å². The molecule has 3 aromatic rings. The van der Waals surface area contributed by atoms with Gasteiger partial charge in [-0.25, -0.2) is 0 Å². The highest BCUT2D eigenvalue weighted by atomic mass is 16.5. The molecule has 1 N–H and O–H groups in total. The monoisotopic (exact) mass is 458 g/mol. The highest BCUT2D eigenvalue weighted by Gasteiger charge is 2.46. The number of carbonyl (C=O) groups excluding carboxylic acids is 2. The fourth-order valence-corrected chi connectivity index (χ4v) is 4.07. The fourth-order valence-electron chi connectivity index (χ4n) is 4.07. The molecule has 7 nitrogen and oxygen atoms in total. The van der Waals surface area contributed by atoms with Crippen molar-refractivity contribution in [3.63, 3.8) is 0 Å². The van der Waals surface area contributed by atoms with Gasteiger partial charge in [0.1, 0.15) is 5.76 Å². The van der Waals surface area contributed by atoms with Crippen LogP contribution in [0.5, 0.6) is 11.5 Å². The zero-order chi connectivity index (χ0) is 24.1. The first-order chi connectivity index (χ1) is 16.5. The first-order valence-electron chi connectivity index (χ1n) is 11.2. The molecule has 1 aromatic heterocycles. The number of Topliss-reactive ketones (excluding diaryl/α,β-unsaturated/α-hetero) is 1. The molecule has 0 radical (unpaired) electrons. The predicted octanol–water partition coefficient (Wildman–Crippen LogP) is 4.50. The summed E-state index contributed by atoms with van der Waals surface area (Å²) in [5.74, 6) is -0.557. The number of aliphatic hydroxyl groups excluding tert-OH is 1. The fraction of sp³-hybridized carbons (Fsp3) is 0.222. The molecule has 4 rings (SSSR count). The number of pyridine rings is 1. The molecule has 7 heteroatoms. The molecule has 174 valence electrons. The van der Waals surface area contributed by atoms with Crippen molar-refractivity contribution in [2.75, 3.05) is 13.2 Å². The summed E-state index contributed by atoms with van der Waals surface area (Å²) in [6, 6.07) is 16.9. The second-order valence-corrected chi connectivity index (χ2v) is 7.73. The van der Waals surface area contributed by atoms with E-state index < -0.39 is 17.7 Å². The summed E-state index contributed by atoms with van der Waals surface area (Å²) in [6.45, 7) is 4.79. The van der Waals surface area contributed by atoms with Gasteiger partial charge in [-0.15, -0.1) is 0 Å². The van der Waals surface area contributed by atoms with Gasteiger partial charge >= 0.3 is 0 Å². The van der Waals surface area contributed by atoms with Crippen LogP contribution in [-0.2, 0) is 16.1 Å². The van der Waals surface area contributed by atoms with E-state index in [1.807, 2.05) is 26.0 Å². The summed E-state index contributed by atoms with van der Waals surface area (Å²) in [6.07, 6.45) is 3.29. The van der Waals surface area contributed by atoms with E-state index in [0.717, 1.165) is 5.56 Å². The van der Waals surface area contributed by atoms with Crippen LogP contribution in [0.2, 0.25) is 0 Å². The number of ether oxygens (including phenoxy) is 2. The molecule has 1 aliphatic heterocycles. The van der Waals surface area contributed by atoms with Crippen LogP contribution in [0.15, 0.2) is 78.6 Å². The Kier molecular flexibility index (Phi) is 6.92. The van der Waals surface area contributed by atoms with Crippen LogP contribution >= 0.6 is 0 Å². The Hall–Kier alpha value is -4.13.